The van der Waals surface area contributed by atoms with Crippen molar-refractivity contribution in [2.45, 2.75) is 60.9 Å². The van der Waals surface area contributed by atoms with Crippen LogP contribution in [0.2, 0.25) is 0 Å². The van der Waals surface area contributed by atoms with Gasteiger partial charge in [0.15, 0.2) is 0 Å². The van der Waals surface area contributed by atoms with Crippen LogP contribution in [0.15, 0.2) is 12.2 Å². The van der Waals surface area contributed by atoms with Crippen molar-refractivity contribution in [3.63, 3.8) is 0 Å². The van der Waals surface area contributed by atoms with Gasteiger partial charge in [0.1, 0.15) is 0 Å². The first-order chi connectivity index (χ1) is 7.99. The zero-order valence-electron chi connectivity index (χ0n) is 14.1. The zero-order valence-corrected chi connectivity index (χ0v) is 14.9. The molecule has 0 aromatic rings. The van der Waals surface area contributed by atoms with E-state index in [4.69, 9.17) is 0 Å². The number of hydrogen-bond acceptors (Lipinski definition) is 2. The quantitative estimate of drug-likeness (QED) is 0.740. The summed E-state index contributed by atoms with van der Waals surface area (Å²) in [6.45, 7) is 20.9. The van der Waals surface area contributed by atoms with Crippen LogP contribution < -0.4 is 0 Å². The van der Waals surface area contributed by atoms with Crippen molar-refractivity contribution in [3.05, 3.63) is 12.2 Å². The summed E-state index contributed by atoms with van der Waals surface area (Å²) < 4.78 is 25.6. The van der Waals surface area contributed by atoms with Crippen molar-refractivity contribution in [2.75, 3.05) is 12.8 Å². The molecular weight excluding hydrogens is 258 g/mol. The third-order valence-corrected chi connectivity index (χ3v) is 4.89. The highest BCUT2D eigenvalue weighted by molar-refractivity contribution is 7.88. The van der Waals surface area contributed by atoms with Gasteiger partial charge in [-0.2, -0.15) is 4.31 Å². The highest BCUT2D eigenvalue weighted by atomic mass is 32.2. The van der Waals surface area contributed by atoms with E-state index in [-0.39, 0.29) is 10.8 Å². The van der Waals surface area contributed by atoms with Crippen LogP contribution in [0, 0.1) is 10.8 Å². The number of sulfonamides is 1. The molecule has 0 spiro atoms. The summed E-state index contributed by atoms with van der Waals surface area (Å²) >= 11 is 0. The van der Waals surface area contributed by atoms with E-state index >= 15 is 0 Å². The summed E-state index contributed by atoms with van der Waals surface area (Å²) in [5.74, 6) is 0. The molecule has 0 fully saturated rings. The van der Waals surface area contributed by atoms with Gasteiger partial charge in [-0.05, 0) is 31.6 Å². The third kappa shape index (κ3) is 5.27. The summed E-state index contributed by atoms with van der Waals surface area (Å²) in [5, 5.41) is 0. The summed E-state index contributed by atoms with van der Waals surface area (Å²) in [7, 11) is -3.24. The maximum Gasteiger partial charge on any atom is 0.211 e. The van der Waals surface area contributed by atoms with Crippen molar-refractivity contribution in [1.82, 2.24) is 4.31 Å². The number of rotatable bonds is 4. The van der Waals surface area contributed by atoms with E-state index in [1.807, 2.05) is 20.8 Å². The maximum atomic E-state index is 12.0. The minimum absolute atomic E-state index is 0.0371. The van der Waals surface area contributed by atoms with E-state index in [1.165, 1.54) is 6.26 Å². The number of hydrogen-bond donors (Lipinski definition) is 0. The summed E-state index contributed by atoms with van der Waals surface area (Å²) in [4.78, 5) is 0. The fourth-order valence-electron chi connectivity index (χ4n) is 2.32. The molecule has 0 aliphatic carbocycles. The largest absolute Gasteiger partial charge is 0.212 e. The van der Waals surface area contributed by atoms with Crippen LogP contribution in [0.25, 0.3) is 0 Å². The molecule has 0 aromatic heterocycles. The minimum atomic E-state index is -3.24. The molecule has 0 N–H and O–H groups in total. The Balaban J connectivity index is 5.45. The minimum Gasteiger partial charge on any atom is -0.212 e. The molecule has 0 aromatic carbocycles. The Hall–Kier alpha value is -0.350. The fourth-order valence-corrected chi connectivity index (χ4v) is 3.87. The van der Waals surface area contributed by atoms with Crippen LogP contribution in [0.4, 0.5) is 0 Å². The lowest BCUT2D eigenvalue weighted by atomic mass is 9.71. The lowest BCUT2D eigenvalue weighted by Crippen LogP contribution is -2.50. The van der Waals surface area contributed by atoms with Crippen molar-refractivity contribution >= 4 is 10.0 Å². The number of nitrogens with zero attached hydrogens (tertiary/aromatic N) is 1. The molecule has 114 valence electrons. The lowest BCUT2D eigenvalue weighted by Gasteiger charge is -2.43. The normalized spacial score (nSPS) is 14.8. The van der Waals surface area contributed by atoms with Gasteiger partial charge in [-0.1, -0.05) is 46.8 Å². The Morgan fingerprint density at radius 2 is 1.37 bits per heavy atom. The van der Waals surface area contributed by atoms with E-state index in [2.05, 4.69) is 41.2 Å². The van der Waals surface area contributed by atoms with Gasteiger partial charge in [0.05, 0.1) is 6.26 Å². The fraction of sp³-hybridized carbons (Fsp3) is 0.867. The average Bonchev–Trinajstić information content (AvgIpc) is 2.08. The van der Waals surface area contributed by atoms with E-state index in [0.717, 1.165) is 5.57 Å². The van der Waals surface area contributed by atoms with Crippen molar-refractivity contribution in [3.8, 4) is 0 Å². The highest BCUT2D eigenvalue weighted by Crippen LogP contribution is 2.40. The predicted molar refractivity (Wildman–Crippen MR) is 83.7 cm³/mol. The predicted octanol–water partition coefficient (Wildman–Crippen LogP) is 3.68. The Morgan fingerprint density at radius 1 is 1.00 bits per heavy atom. The average molecular weight is 289 g/mol. The zero-order chi connectivity index (χ0) is 15.9. The van der Waals surface area contributed by atoms with Gasteiger partial charge >= 0.3 is 0 Å². The highest BCUT2D eigenvalue weighted by Gasteiger charge is 2.38. The van der Waals surface area contributed by atoms with Gasteiger partial charge in [-0.3, -0.25) is 0 Å². The van der Waals surface area contributed by atoms with E-state index < -0.39 is 15.6 Å². The second kappa shape index (κ2) is 5.21. The maximum absolute atomic E-state index is 12.0. The Kier molecular flexibility index (Phi) is 5.11. The van der Waals surface area contributed by atoms with Crippen molar-refractivity contribution in [1.29, 1.82) is 0 Å². The Morgan fingerprint density at radius 3 is 1.58 bits per heavy atom. The molecule has 0 aliphatic rings. The summed E-state index contributed by atoms with van der Waals surface area (Å²) in [6, 6.07) is 0. The first kappa shape index (κ1) is 18.7. The van der Waals surface area contributed by atoms with E-state index in [9.17, 15) is 8.42 Å². The lowest BCUT2D eigenvalue weighted by molar-refractivity contribution is 0.181. The molecule has 0 saturated heterocycles. The molecule has 0 bridgehead atoms. The molecule has 0 unspecified atom stereocenters. The van der Waals surface area contributed by atoms with Crippen LogP contribution >= 0.6 is 0 Å². The summed E-state index contributed by atoms with van der Waals surface area (Å²) in [5.41, 5.74) is 0.334. The van der Waals surface area contributed by atoms with Crippen LogP contribution in [-0.2, 0) is 10.0 Å². The van der Waals surface area contributed by atoms with Gasteiger partial charge in [-0.25, -0.2) is 8.42 Å². The molecule has 0 aliphatic heterocycles. The molecule has 0 radical (unpaired) electrons. The van der Waals surface area contributed by atoms with E-state index in [0.29, 0.717) is 6.54 Å². The third-order valence-electron chi connectivity index (χ3n) is 3.41. The van der Waals surface area contributed by atoms with Crippen molar-refractivity contribution < 1.29 is 8.42 Å². The molecule has 4 heteroatoms. The monoisotopic (exact) mass is 289 g/mol. The Labute approximate surface area is 120 Å². The second-order valence-corrected chi connectivity index (χ2v) is 9.96. The second-order valence-electron chi connectivity index (χ2n) is 8.05. The first-order valence-corrected chi connectivity index (χ1v) is 8.52. The van der Waals surface area contributed by atoms with Gasteiger partial charge in [0.25, 0.3) is 0 Å². The standard InChI is InChI=1S/C15H31NO2S/c1-12(13(2,3)4)15(8,9)11-16(14(5,6)7)19(10,17)18/h1,11H2,2-10H3. The van der Waals surface area contributed by atoms with Crippen LogP contribution in [0.3, 0.4) is 0 Å². The molecule has 0 heterocycles. The first-order valence-electron chi connectivity index (χ1n) is 6.67. The topological polar surface area (TPSA) is 37.4 Å². The van der Waals surface area contributed by atoms with Crippen LogP contribution in [-0.4, -0.2) is 31.1 Å². The van der Waals surface area contributed by atoms with Gasteiger partial charge < -0.3 is 0 Å². The van der Waals surface area contributed by atoms with Crippen molar-refractivity contribution in [2.24, 2.45) is 10.8 Å². The van der Waals surface area contributed by atoms with Crippen LogP contribution in [0.1, 0.15) is 55.4 Å². The Bertz CT molecular complexity index is 434. The molecular formula is C15H31NO2S. The van der Waals surface area contributed by atoms with Gasteiger partial charge in [0.2, 0.25) is 10.0 Å². The molecule has 0 atom stereocenters. The summed E-state index contributed by atoms with van der Waals surface area (Å²) in [6.07, 6.45) is 1.27. The molecule has 3 nitrogen and oxygen atoms in total. The SMILES string of the molecule is C=C(C(C)(C)C)C(C)(C)CN(C(C)(C)C)S(C)(=O)=O. The molecule has 0 rings (SSSR count). The van der Waals surface area contributed by atoms with E-state index in [1.54, 1.807) is 4.31 Å². The molecule has 0 saturated carbocycles. The van der Waals surface area contributed by atoms with Crippen LogP contribution in [0.5, 0.6) is 0 Å². The molecule has 19 heavy (non-hydrogen) atoms. The van der Waals surface area contributed by atoms with Gasteiger partial charge in [-0.15, -0.1) is 0 Å². The smallest absolute Gasteiger partial charge is 0.211 e. The van der Waals surface area contributed by atoms with Gasteiger partial charge in [0, 0.05) is 12.1 Å². The molecule has 0 amide bonds.